The van der Waals surface area contributed by atoms with Crippen molar-refractivity contribution in [3.05, 3.63) is 0 Å². The van der Waals surface area contributed by atoms with Crippen LogP contribution in [0.1, 0.15) is 91.9 Å². The summed E-state index contributed by atoms with van der Waals surface area (Å²) < 4.78 is 5.69. The lowest BCUT2D eigenvalue weighted by molar-refractivity contribution is -0.0351. The van der Waals surface area contributed by atoms with Gasteiger partial charge in [-0.15, -0.1) is 0 Å². The van der Waals surface area contributed by atoms with Crippen molar-refractivity contribution in [2.45, 2.75) is 97.5 Å². The first-order valence-electron chi connectivity index (χ1n) is 8.13. The number of unbranched alkanes of at least 4 members (excludes halogenated alkanes) is 6. The largest absolute Gasteiger partial charge is 0.379 e. The summed E-state index contributed by atoms with van der Waals surface area (Å²) in [7, 11) is 1.86. The molecule has 0 rings (SSSR count). The van der Waals surface area contributed by atoms with E-state index in [-0.39, 0.29) is 5.60 Å². The van der Waals surface area contributed by atoms with Crippen molar-refractivity contribution < 1.29 is 4.74 Å². The fourth-order valence-electron chi connectivity index (χ4n) is 2.63. The van der Waals surface area contributed by atoms with Crippen molar-refractivity contribution >= 4 is 0 Å². The van der Waals surface area contributed by atoms with Crippen molar-refractivity contribution in [1.82, 2.24) is 0 Å². The maximum Gasteiger partial charge on any atom is 0.0650 e. The fourth-order valence-corrected chi connectivity index (χ4v) is 2.63. The van der Waals surface area contributed by atoms with Crippen LogP contribution in [-0.4, -0.2) is 12.7 Å². The van der Waals surface area contributed by atoms with Gasteiger partial charge in [-0.1, -0.05) is 65.2 Å². The molecule has 0 aromatic rings. The second-order valence-corrected chi connectivity index (χ2v) is 6.20. The molecule has 1 nitrogen and oxygen atoms in total. The molecule has 0 spiro atoms. The first kappa shape index (κ1) is 18.0. The third-order valence-electron chi connectivity index (χ3n) is 4.32. The van der Waals surface area contributed by atoms with Crippen LogP contribution in [0.5, 0.6) is 0 Å². The first-order chi connectivity index (χ1) is 8.58. The average Bonchev–Trinajstić information content (AvgIpc) is 2.36. The lowest BCUT2D eigenvalue weighted by atomic mass is 9.82. The van der Waals surface area contributed by atoms with Gasteiger partial charge >= 0.3 is 0 Å². The highest BCUT2D eigenvalue weighted by Crippen LogP contribution is 2.30. The Labute approximate surface area is 116 Å². The van der Waals surface area contributed by atoms with Crippen LogP contribution < -0.4 is 0 Å². The van der Waals surface area contributed by atoms with E-state index in [1.54, 1.807) is 0 Å². The van der Waals surface area contributed by atoms with Crippen LogP contribution in [0.25, 0.3) is 0 Å². The van der Waals surface area contributed by atoms with Gasteiger partial charge in [0.25, 0.3) is 0 Å². The molecule has 0 saturated heterocycles. The molecule has 1 unspecified atom stereocenters. The molecule has 0 aromatic carbocycles. The average molecular weight is 256 g/mol. The van der Waals surface area contributed by atoms with E-state index in [4.69, 9.17) is 4.74 Å². The maximum absolute atomic E-state index is 5.69. The quantitative estimate of drug-likeness (QED) is 0.391. The van der Waals surface area contributed by atoms with Crippen molar-refractivity contribution in [2.24, 2.45) is 5.92 Å². The van der Waals surface area contributed by atoms with Crippen LogP contribution in [0.4, 0.5) is 0 Å². The lowest BCUT2D eigenvalue weighted by Gasteiger charge is -2.33. The summed E-state index contributed by atoms with van der Waals surface area (Å²) in [6, 6.07) is 0. The van der Waals surface area contributed by atoms with Crippen molar-refractivity contribution in [2.75, 3.05) is 7.11 Å². The Kier molecular flexibility index (Phi) is 10.8. The number of ether oxygens (including phenoxy) is 1. The molecule has 110 valence electrons. The van der Waals surface area contributed by atoms with Crippen LogP contribution in [0.2, 0.25) is 0 Å². The molecular formula is C17H36O. The number of rotatable bonds is 12. The van der Waals surface area contributed by atoms with Gasteiger partial charge in [-0.25, -0.2) is 0 Å². The molecule has 1 atom stereocenters. The predicted molar refractivity (Wildman–Crippen MR) is 82.1 cm³/mol. The zero-order valence-corrected chi connectivity index (χ0v) is 13.6. The van der Waals surface area contributed by atoms with E-state index in [0.717, 1.165) is 5.92 Å². The minimum absolute atomic E-state index is 0.0542. The molecule has 0 fully saturated rings. The van der Waals surface area contributed by atoms with Gasteiger partial charge in [0, 0.05) is 7.11 Å². The highest BCUT2D eigenvalue weighted by Gasteiger charge is 2.27. The van der Waals surface area contributed by atoms with Crippen LogP contribution in [0.3, 0.4) is 0 Å². The van der Waals surface area contributed by atoms with Crippen molar-refractivity contribution in [1.29, 1.82) is 0 Å². The highest BCUT2D eigenvalue weighted by molar-refractivity contribution is 4.79. The molecule has 0 N–H and O–H groups in total. The molecule has 0 amide bonds. The van der Waals surface area contributed by atoms with E-state index >= 15 is 0 Å². The topological polar surface area (TPSA) is 9.23 Å². The normalized spacial score (nSPS) is 13.8. The summed E-state index contributed by atoms with van der Waals surface area (Å²) in [4.78, 5) is 0. The smallest absolute Gasteiger partial charge is 0.0650 e. The molecule has 0 bridgehead atoms. The standard InChI is InChI=1S/C17H36O/c1-6-8-10-11-12-13-15-16(14-9-7-2)17(3,4)18-5/h16H,6-15H2,1-5H3. The van der Waals surface area contributed by atoms with Gasteiger partial charge in [0.1, 0.15) is 0 Å². The summed E-state index contributed by atoms with van der Waals surface area (Å²) in [6.45, 7) is 9.07. The second kappa shape index (κ2) is 10.8. The Morgan fingerprint density at radius 2 is 1.28 bits per heavy atom. The summed E-state index contributed by atoms with van der Waals surface area (Å²) in [5.74, 6) is 0.730. The fraction of sp³-hybridized carbons (Fsp3) is 1.00. The number of hydrogen-bond donors (Lipinski definition) is 0. The first-order valence-corrected chi connectivity index (χ1v) is 8.13. The Balaban J connectivity index is 3.87. The second-order valence-electron chi connectivity index (χ2n) is 6.20. The summed E-state index contributed by atoms with van der Waals surface area (Å²) >= 11 is 0. The van der Waals surface area contributed by atoms with E-state index in [1.807, 2.05) is 7.11 Å². The van der Waals surface area contributed by atoms with Crippen LogP contribution >= 0.6 is 0 Å². The zero-order chi connectivity index (χ0) is 13.9. The molecule has 0 aliphatic rings. The van der Waals surface area contributed by atoms with E-state index in [1.165, 1.54) is 64.2 Å². The van der Waals surface area contributed by atoms with Gasteiger partial charge in [-0.05, 0) is 32.6 Å². The van der Waals surface area contributed by atoms with E-state index in [0.29, 0.717) is 0 Å². The van der Waals surface area contributed by atoms with Gasteiger partial charge in [-0.3, -0.25) is 0 Å². The van der Waals surface area contributed by atoms with E-state index in [9.17, 15) is 0 Å². The van der Waals surface area contributed by atoms with E-state index in [2.05, 4.69) is 27.7 Å². The maximum atomic E-state index is 5.69. The Bertz CT molecular complexity index is 174. The van der Waals surface area contributed by atoms with Gasteiger partial charge in [0.2, 0.25) is 0 Å². The molecule has 0 heterocycles. The third-order valence-corrected chi connectivity index (χ3v) is 4.32. The number of hydrogen-bond acceptors (Lipinski definition) is 1. The molecule has 1 heteroatoms. The monoisotopic (exact) mass is 256 g/mol. The summed E-state index contributed by atoms with van der Waals surface area (Å²) in [6.07, 6.45) is 13.7. The zero-order valence-electron chi connectivity index (χ0n) is 13.6. The molecule has 18 heavy (non-hydrogen) atoms. The van der Waals surface area contributed by atoms with Crippen LogP contribution in [0, 0.1) is 5.92 Å². The van der Waals surface area contributed by atoms with Crippen LogP contribution in [0.15, 0.2) is 0 Å². The number of methoxy groups -OCH3 is 1. The molecule has 0 aromatic heterocycles. The molecule has 0 saturated carbocycles. The summed E-state index contributed by atoms with van der Waals surface area (Å²) in [5.41, 5.74) is 0.0542. The Hall–Kier alpha value is -0.0400. The minimum Gasteiger partial charge on any atom is -0.379 e. The minimum atomic E-state index is 0.0542. The summed E-state index contributed by atoms with van der Waals surface area (Å²) in [5, 5.41) is 0. The lowest BCUT2D eigenvalue weighted by Crippen LogP contribution is -2.33. The van der Waals surface area contributed by atoms with E-state index < -0.39 is 0 Å². The molecule has 0 radical (unpaired) electrons. The Morgan fingerprint density at radius 1 is 0.778 bits per heavy atom. The molecular weight excluding hydrogens is 220 g/mol. The Morgan fingerprint density at radius 3 is 1.83 bits per heavy atom. The van der Waals surface area contributed by atoms with Gasteiger partial charge in [0.15, 0.2) is 0 Å². The van der Waals surface area contributed by atoms with Crippen molar-refractivity contribution in [3.63, 3.8) is 0 Å². The predicted octanol–water partition coefficient (Wildman–Crippen LogP) is 5.97. The van der Waals surface area contributed by atoms with Gasteiger partial charge in [-0.2, -0.15) is 0 Å². The van der Waals surface area contributed by atoms with Gasteiger partial charge < -0.3 is 4.74 Å². The highest BCUT2D eigenvalue weighted by atomic mass is 16.5. The van der Waals surface area contributed by atoms with Crippen LogP contribution in [-0.2, 0) is 4.74 Å². The van der Waals surface area contributed by atoms with Gasteiger partial charge in [0.05, 0.1) is 5.60 Å². The SMILES string of the molecule is CCCCCCCCC(CCCC)C(C)(C)OC. The molecule has 0 aliphatic heterocycles. The third kappa shape index (κ3) is 8.13. The van der Waals surface area contributed by atoms with Crippen molar-refractivity contribution in [3.8, 4) is 0 Å². The molecule has 0 aliphatic carbocycles.